The third-order valence-corrected chi connectivity index (χ3v) is 8.57. The summed E-state index contributed by atoms with van der Waals surface area (Å²) in [5.74, 6) is 0.800. The van der Waals surface area contributed by atoms with E-state index in [0.717, 1.165) is 34.0 Å². The second kappa shape index (κ2) is 9.40. The molecule has 2 aromatic heterocycles. The number of benzene rings is 6. The van der Waals surface area contributed by atoms with E-state index in [1.807, 2.05) is 18.2 Å². The van der Waals surface area contributed by atoms with Gasteiger partial charge >= 0.3 is 0 Å². The second-order valence-electron chi connectivity index (χ2n) is 11.0. The molecule has 0 unspecified atom stereocenters. The summed E-state index contributed by atoms with van der Waals surface area (Å²) in [4.78, 5) is 9.69. The van der Waals surface area contributed by atoms with Crippen molar-refractivity contribution >= 4 is 55.2 Å². The predicted octanol–water partition coefficient (Wildman–Crippen LogP) is 9.13. The van der Waals surface area contributed by atoms with Crippen LogP contribution in [0.2, 0.25) is 0 Å². The first-order valence-electron chi connectivity index (χ1n) is 14.6. The van der Waals surface area contributed by atoms with Crippen LogP contribution in [-0.4, -0.2) is 27.2 Å². The zero-order valence-electron chi connectivity index (χ0n) is 23.4. The van der Waals surface area contributed by atoms with Crippen molar-refractivity contribution < 1.29 is 0 Å². The van der Waals surface area contributed by atoms with Crippen molar-refractivity contribution in [3.63, 3.8) is 0 Å². The summed E-state index contributed by atoms with van der Waals surface area (Å²) in [6.45, 7) is 0.582. The molecule has 9 rings (SSSR count). The lowest BCUT2D eigenvalue weighted by Gasteiger charge is -2.11. The van der Waals surface area contributed by atoms with Crippen molar-refractivity contribution in [1.29, 1.82) is 0 Å². The van der Waals surface area contributed by atoms with Gasteiger partial charge in [-0.15, -0.1) is 0 Å². The Balaban J connectivity index is 1.28. The number of para-hydroxylation sites is 3. The second-order valence-corrected chi connectivity index (χ2v) is 11.0. The third-order valence-electron chi connectivity index (χ3n) is 8.57. The highest BCUT2D eigenvalue weighted by Gasteiger charge is 2.19. The Morgan fingerprint density at radius 3 is 1.67 bits per heavy atom. The molecule has 0 saturated heterocycles. The Labute approximate surface area is 248 Å². The first kappa shape index (κ1) is 23.9. The number of fused-ring (bicyclic) bond motifs is 6. The van der Waals surface area contributed by atoms with Crippen LogP contribution in [-0.2, 0) is 0 Å². The van der Waals surface area contributed by atoms with Gasteiger partial charge in [0, 0.05) is 44.0 Å². The summed E-state index contributed by atoms with van der Waals surface area (Å²) in [6, 6.07) is 51.8. The molecule has 43 heavy (non-hydrogen) atoms. The number of aliphatic imine (C=N–C) groups is 2. The molecule has 0 saturated carbocycles. The molecule has 3 heterocycles. The fourth-order valence-corrected chi connectivity index (χ4v) is 6.64. The van der Waals surface area contributed by atoms with Crippen LogP contribution in [0.4, 0.5) is 0 Å². The molecular formula is C39H26N4. The molecule has 0 atom stereocenters. The maximum atomic E-state index is 4.94. The molecule has 0 spiro atoms. The Kier molecular flexibility index (Phi) is 5.23. The quantitative estimate of drug-likeness (QED) is 0.209. The molecule has 1 aliphatic heterocycles. The van der Waals surface area contributed by atoms with Crippen LogP contribution >= 0.6 is 0 Å². The van der Waals surface area contributed by atoms with E-state index in [0.29, 0.717) is 6.54 Å². The van der Waals surface area contributed by atoms with Gasteiger partial charge in [-0.2, -0.15) is 0 Å². The first-order valence-corrected chi connectivity index (χ1v) is 14.6. The predicted molar refractivity (Wildman–Crippen MR) is 180 cm³/mol. The molecule has 0 N–H and O–H groups in total. The molecule has 0 fully saturated rings. The summed E-state index contributed by atoms with van der Waals surface area (Å²) >= 11 is 0. The highest BCUT2D eigenvalue weighted by atomic mass is 15.0. The Morgan fingerprint density at radius 1 is 0.419 bits per heavy atom. The summed E-state index contributed by atoms with van der Waals surface area (Å²) in [5.41, 5.74) is 10.2. The Hall–Kier alpha value is -5.74. The van der Waals surface area contributed by atoms with Gasteiger partial charge in [0.15, 0.2) is 5.84 Å². The Morgan fingerprint density at radius 2 is 0.977 bits per heavy atom. The van der Waals surface area contributed by atoms with Crippen LogP contribution in [0.25, 0.3) is 55.0 Å². The molecule has 1 aliphatic rings. The minimum atomic E-state index is 0.582. The first-order chi connectivity index (χ1) is 21.3. The lowest BCUT2D eigenvalue weighted by molar-refractivity contribution is 1.16. The van der Waals surface area contributed by atoms with E-state index in [9.17, 15) is 0 Å². The molecule has 0 aliphatic carbocycles. The van der Waals surface area contributed by atoms with Crippen LogP contribution in [0.3, 0.4) is 0 Å². The molecule has 6 aromatic carbocycles. The van der Waals surface area contributed by atoms with Gasteiger partial charge in [-0.1, -0.05) is 97.1 Å². The van der Waals surface area contributed by atoms with Gasteiger partial charge in [0.05, 0.1) is 34.3 Å². The lowest BCUT2D eigenvalue weighted by Crippen LogP contribution is -2.04. The lowest BCUT2D eigenvalue weighted by atomic mass is 10.1. The van der Waals surface area contributed by atoms with E-state index in [1.54, 1.807) is 0 Å². The number of rotatable bonds is 4. The average Bonchev–Trinajstić information content (AvgIpc) is 3.78. The number of hydrogen-bond donors (Lipinski definition) is 0. The van der Waals surface area contributed by atoms with Gasteiger partial charge in [0.1, 0.15) is 0 Å². The number of nitrogens with zero attached hydrogens (tertiary/aromatic N) is 4. The number of hydrogen-bond acceptors (Lipinski definition) is 2. The summed E-state index contributed by atoms with van der Waals surface area (Å²) < 4.78 is 4.79. The van der Waals surface area contributed by atoms with Crippen molar-refractivity contribution in [2.24, 2.45) is 9.98 Å². The van der Waals surface area contributed by atoms with Crippen LogP contribution in [0.1, 0.15) is 11.1 Å². The van der Waals surface area contributed by atoms with Crippen molar-refractivity contribution in [2.45, 2.75) is 0 Å². The van der Waals surface area contributed by atoms with Crippen LogP contribution in [0, 0.1) is 0 Å². The molecule has 4 nitrogen and oxygen atoms in total. The van der Waals surface area contributed by atoms with E-state index in [-0.39, 0.29) is 0 Å². The standard InChI is InChI=1S/C39H26N4/c1-3-12-26(13-4-1)39-40-25-34(41-39)27-14-11-17-29(22-27)43-36-21-10-8-19-31(36)33-23-32-30-18-7-9-20-35(30)42(37(32)24-38(33)43)28-15-5-2-6-16-28/h1-24H,25H2. The van der Waals surface area contributed by atoms with E-state index in [2.05, 4.69) is 137 Å². The zero-order valence-corrected chi connectivity index (χ0v) is 23.4. The van der Waals surface area contributed by atoms with Crippen molar-refractivity contribution in [1.82, 2.24) is 9.13 Å². The molecule has 0 radical (unpaired) electrons. The van der Waals surface area contributed by atoms with Gasteiger partial charge in [0.2, 0.25) is 0 Å². The fourth-order valence-electron chi connectivity index (χ4n) is 6.64. The molecular weight excluding hydrogens is 524 g/mol. The fraction of sp³-hybridized carbons (Fsp3) is 0.0256. The van der Waals surface area contributed by atoms with Gasteiger partial charge in [0.25, 0.3) is 0 Å². The summed E-state index contributed by atoms with van der Waals surface area (Å²) in [5, 5.41) is 5.01. The number of aromatic nitrogens is 2. The molecule has 4 heteroatoms. The average molecular weight is 551 g/mol. The molecule has 0 amide bonds. The molecule has 8 aromatic rings. The van der Waals surface area contributed by atoms with E-state index in [4.69, 9.17) is 9.98 Å². The minimum absolute atomic E-state index is 0.582. The van der Waals surface area contributed by atoms with Crippen LogP contribution in [0.5, 0.6) is 0 Å². The van der Waals surface area contributed by atoms with Gasteiger partial charge in [-0.25, -0.2) is 4.99 Å². The highest BCUT2D eigenvalue weighted by Crippen LogP contribution is 2.39. The molecule has 202 valence electrons. The third kappa shape index (κ3) is 3.70. The monoisotopic (exact) mass is 550 g/mol. The largest absolute Gasteiger partial charge is 0.309 e. The Bertz CT molecular complexity index is 2410. The van der Waals surface area contributed by atoms with Gasteiger partial charge in [-0.3, -0.25) is 4.99 Å². The highest BCUT2D eigenvalue weighted by molar-refractivity contribution is 6.20. The van der Waals surface area contributed by atoms with E-state index >= 15 is 0 Å². The SMILES string of the molecule is c1ccc(C2=NCC(c3cccc(-n4c5ccccc5c5cc6c7ccccc7n(-c7ccccc7)c6cc54)c3)=N2)cc1. The maximum absolute atomic E-state index is 4.94. The van der Waals surface area contributed by atoms with E-state index in [1.165, 1.54) is 43.6 Å². The van der Waals surface area contributed by atoms with Gasteiger partial charge in [-0.05, 0) is 48.5 Å². The van der Waals surface area contributed by atoms with Crippen LogP contribution < -0.4 is 0 Å². The normalized spacial score (nSPS) is 13.3. The molecule has 0 bridgehead atoms. The van der Waals surface area contributed by atoms with Crippen molar-refractivity contribution in [3.05, 3.63) is 157 Å². The van der Waals surface area contributed by atoms with Crippen LogP contribution in [0.15, 0.2) is 156 Å². The van der Waals surface area contributed by atoms with Crippen molar-refractivity contribution in [3.8, 4) is 11.4 Å². The summed E-state index contributed by atoms with van der Waals surface area (Å²) in [7, 11) is 0. The maximum Gasteiger partial charge on any atom is 0.155 e. The topological polar surface area (TPSA) is 34.6 Å². The smallest absolute Gasteiger partial charge is 0.155 e. The summed E-state index contributed by atoms with van der Waals surface area (Å²) in [6.07, 6.45) is 0. The zero-order chi connectivity index (χ0) is 28.3. The minimum Gasteiger partial charge on any atom is -0.309 e. The van der Waals surface area contributed by atoms with Crippen molar-refractivity contribution in [2.75, 3.05) is 6.54 Å². The van der Waals surface area contributed by atoms with E-state index < -0.39 is 0 Å². The number of amidine groups is 1. The van der Waals surface area contributed by atoms with Gasteiger partial charge < -0.3 is 9.13 Å².